The van der Waals surface area contributed by atoms with Crippen molar-refractivity contribution >= 4 is 5.91 Å². The quantitative estimate of drug-likeness (QED) is 0.606. The summed E-state index contributed by atoms with van der Waals surface area (Å²) in [6.45, 7) is 13.1. The van der Waals surface area contributed by atoms with Gasteiger partial charge in [0.1, 0.15) is 0 Å². The van der Waals surface area contributed by atoms with Crippen LogP contribution in [0.5, 0.6) is 0 Å². The summed E-state index contributed by atoms with van der Waals surface area (Å²) in [6.07, 6.45) is 1.73. The van der Waals surface area contributed by atoms with E-state index in [1.807, 2.05) is 0 Å². The Balaban J connectivity index is 3.49. The van der Waals surface area contributed by atoms with Crippen molar-refractivity contribution in [2.24, 2.45) is 0 Å². The number of nitrogens with zero attached hydrogens (tertiary/aromatic N) is 1. The fraction of sp³-hybridized carbons (Fsp3) is 0.923. The third kappa shape index (κ3) is 10.3. The Labute approximate surface area is 106 Å². The third-order valence-corrected chi connectivity index (χ3v) is 2.64. The monoisotopic (exact) mass is 243 g/mol. The molecule has 2 N–H and O–H groups in total. The van der Waals surface area contributed by atoms with Gasteiger partial charge in [-0.25, -0.2) is 0 Å². The van der Waals surface area contributed by atoms with Crippen LogP contribution in [0.4, 0.5) is 0 Å². The van der Waals surface area contributed by atoms with Gasteiger partial charge in [0, 0.05) is 32.1 Å². The average Bonchev–Trinajstić information content (AvgIpc) is 2.27. The van der Waals surface area contributed by atoms with E-state index >= 15 is 0 Å². The molecule has 4 nitrogen and oxygen atoms in total. The van der Waals surface area contributed by atoms with E-state index in [2.05, 4.69) is 43.2 Å². The molecule has 0 fully saturated rings. The van der Waals surface area contributed by atoms with Crippen molar-refractivity contribution in [2.45, 2.75) is 46.6 Å². The summed E-state index contributed by atoms with van der Waals surface area (Å²) in [5.74, 6) is 0.144. The third-order valence-electron chi connectivity index (χ3n) is 2.64. The predicted molar refractivity (Wildman–Crippen MR) is 73.2 cm³/mol. The van der Waals surface area contributed by atoms with Gasteiger partial charge >= 0.3 is 0 Å². The number of likely N-dealkylation sites (N-methyl/N-ethyl adjacent to an activating group) is 1. The highest BCUT2D eigenvalue weighted by atomic mass is 16.1. The molecule has 0 saturated heterocycles. The molecule has 0 spiro atoms. The molecule has 102 valence electrons. The van der Waals surface area contributed by atoms with Gasteiger partial charge in [0.25, 0.3) is 0 Å². The normalized spacial score (nSPS) is 11.2. The zero-order valence-corrected chi connectivity index (χ0v) is 11.9. The van der Waals surface area contributed by atoms with Gasteiger partial charge in [-0.2, -0.15) is 0 Å². The molecule has 0 aromatic carbocycles. The largest absolute Gasteiger partial charge is 0.355 e. The molecule has 0 unspecified atom stereocenters. The molecule has 0 atom stereocenters. The molecule has 0 rings (SSSR count). The molecule has 0 aliphatic heterocycles. The van der Waals surface area contributed by atoms with E-state index in [1.165, 1.54) is 6.42 Å². The second kappa shape index (κ2) is 10.5. The van der Waals surface area contributed by atoms with Crippen LogP contribution in [0, 0.1) is 0 Å². The Bertz CT molecular complexity index is 195. The molecule has 17 heavy (non-hydrogen) atoms. The fourth-order valence-corrected chi connectivity index (χ4v) is 1.66. The minimum atomic E-state index is 0.144. The van der Waals surface area contributed by atoms with Crippen LogP contribution in [0.3, 0.4) is 0 Å². The van der Waals surface area contributed by atoms with Crippen LogP contribution >= 0.6 is 0 Å². The van der Waals surface area contributed by atoms with Crippen LogP contribution in [0.25, 0.3) is 0 Å². The van der Waals surface area contributed by atoms with Crippen molar-refractivity contribution in [1.29, 1.82) is 0 Å². The summed E-state index contributed by atoms with van der Waals surface area (Å²) in [5.41, 5.74) is 0. The van der Waals surface area contributed by atoms with E-state index in [0.717, 1.165) is 32.7 Å². The van der Waals surface area contributed by atoms with Gasteiger partial charge in [0.15, 0.2) is 0 Å². The van der Waals surface area contributed by atoms with Gasteiger partial charge in [-0.15, -0.1) is 0 Å². The van der Waals surface area contributed by atoms with Crippen LogP contribution in [0.15, 0.2) is 0 Å². The van der Waals surface area contributed by atoms with Gasteiger partial charge in [-0.05, 0) is 19.5 Å². The molecular weight excluding hydrogens is 214 g/mol. The van der Waals surface area contributed by atoms with E-state index in [1.54, 1.807) is 0 Å². The standard InChI is InChI=1S/C13H29N3O/c1-5-10-16(6-2)11-9-15-13(17)7-8-14-12(3)4/h12,14H,5-11H2,1-4H3,(H,15,17). The van der Waals surface area contributed by atoms with Gasteiger partial charge in [0.2, 0.25) is 5.91 Å². The maximum absolute atomic E-state index is 11.5. The molecule has 0 saturated carbocycles. The first-order valence-corrected chi connectivity index (χ1v) is 6.82. The highest BCUT2D eigenvalue weighted by Crippen LogP contribution is 1.89. The summed E-state index contributed by atoms with van der Waals surface area (Å²) in [4.78, 5) is 13.8. The Morgan fingerprint density at radius 1 is 1.18 bits per heavy atom. The van der Waals surface area contributed by atoms with E-state index in [4.69, 9.17) is 0 Å². The SMILES string of the molecule is CCCN(CC)CCNC(=O)CCNC(C)C. The van der Waals surface area contributed by atoms with Crippen molar-refractivity contribution in [1.82, 2.24) is 15.5 Å². The van der Waals surface area contributed by atoms with Crippen LogP contribution in [0.2, 0.25) is 0 Å². The lowest BCUT2D eigenvalue weighted by atomic mass is 10.3. The first-order chi connectivity index (χ1) is 8.10. The van der Waals surface area contributed by atoms with Crippen molar-refractivity contribution in [3.63, 3.8) is 0 Å². The van der Waals surface area contributed by atoms with Crippen LogP contribution < -0.4 is 10.6 Å². The highest BCUT2D eigenvalue weighted by Gasteiger charge is 2.03. The Hall–Kier alpha value is -0.610. The zero-order valence-electron chi connectivity index (χ0n) is 11.9. The second-order valence-electron chi connectivity index (χ2n) is 4.64. The van der Waals surface area contributed by atoms with E-state index in [9.17, 15) is 4.79 Å². The number of carbonyl (C=O) groups excluding carboxylic acids is 1. The Morgan fingerprint density at radius 3 is 2.41 bits per heavy atom. The zero-order chi connectivity index (χ0) is 13.1. The van der Waals surface area contributed by atoms with Gasteiger partial charge < -0.3 is 15.5 Å². The molecule has 0 heterocycles. The molecule has 4 heteroatoms. The smallest absolute Gasteiger partial charge is 0.221 e. The average molecular weight is 243 g/mol. The van der Waals surface area contributed by atoms with Crippen molar-refractivity contribution in [3.05, 3.63) is 0 Å². The van der Waals surface area contributed by atoms with E-state index < -0.39 is 0 Å². The predicted octanol–water partition coefficient (Wildman–Crippen LogP) is 1.22. The van der Waals surface area contributed by atoms with Crippen LogP contribution in [-0.2, 0) is 4.79 Å². The molecular formula is C13H29N3O. The van der Waals surface area contributed by atoms with Crippen LogP contribution in [0.1, 0.15) is 40.5 Å². The second-order valence-corrected chi connectivity index (χ2v) is 4.64. The number of amides is 1. The minimum Gasteiger partial charge on any atom is -0.355 e. The molecule has 0 aliphatic carbocycles. The maximum Gasteiger partial charge on any atom is 0.221 e. The molecule has 0 bridgehead atoms. The fourth-order valence-electron chi connectivity index (χ4n) is 1.66. The highest BCUT2D eigenvalue weighted by molar-refractivity contribution is 5.76. The number of nitrogens with one attached hydrogen (secondary N) is 2. The van der Waals surface area contributed by atoms with Crippen molar-refractivity contribution < 1.29 is 4.79 Å². The minimum absolute atomic E-state index is 0.144. The molecule has 1 amide bonds. The summed E-state index contributed by atoms with van der Waals surface area (Å²) in [5, 5.41) is 6.19. The topological polar surface area (TPSA) is 44.4 Å². The number of hydrogen-bond acceptors (Lipinski definition) is 3. The summed E-state index contributed by atoms with van der Waals surface area (Å²) < 4.78 is 0. The Morgan fingerprint density at radius 2 is 1.88 bits per heavy atom. The summed E-state index contributed by atoms with van der Waals surface area (Å²) in [7, 11) is 0. The first kappa shape index (κ1) is 16.4. The lowest BCUT2D eigenvalue weighted by molar-refractivity contribution is -0.121. The number of hydrogen-bond donors (Lipinski definition) is 2. The number of carbonyl (C=O) groups is 1. The number of rotatable bonds is 10. The van der Waals surface area contributed by atoms with E-state index in [0.29, 0.717) is 12.5 Å². The van der Waals surface area contributed by atoms with Gasteiger partial charge in [-0.3, -0.25) is 4.79 Å². The Kier molecular flexibility index (Phi) is 10.2. The maximum atomic E-state index is 11.5. The molecule has 0 radical (unpaired) electrons. The first-order valence-electron chi connectivity index (χ1n) is 6.82. The van der Waals surface area contributed by atoms with Crippen molar-refractivity contribution in [2.75, 3.05) is 32.7 Å². The summed E-state index contributed by atoms with van der Waals surface area (Å²) in [6, 6.07) is 0.447. The molecule has 0 aliphatic rings. The summed E-state index contributed by atoms with van der Waals surface area (Å²) >= 11 is 0. The lowest BCUT2D eigenvalue weighted by Gasteiger charge is -2.19. The van der Waals surface area contributed by atoms with Crippen LogP contribution in [-0.4, -0.2) is 49.6 Å². The molecule has 0 aromatic rings. The van der Waals surface area contributed by atoms with E-state index in [-0.39, 0.29) is 5.91 Å². The van der Waals surface area contributed by atoms with Gasteiger partial charge in [0.05, 0.1) is 0 Å². The molecule has 0 aromatic heterocycles. The lowest BCUT2D eigenvalue weighted by Crippen LogP contribution is -2.36. The van der Waals surface area contributed by atoms with Gasteiger partial charge in [-0.1, -0.05) is 27.7 Å². The van der Waals surface area contributed by atoms with Crippen molar-refractivity contribution in [3.8, 4) is 0 Å².